The van der Waals surface area contributed by atoms with E-state index in [1.54, 1.807) is 19.2 Å². The van der Waals surface area contributed by atoms with Crippen molar-refractivity contribution in [3.8, 4) is 5.75 Å². The Hall–Kier alpha value is -1.27. The molecule has 0 saturated carbocycles. The zero-order valence-electron chi connectivity index (χ0n) is 11.5. The third-order valence-corrected chi connectivity index (χ3v) is 3.64. The molecule has 0 aliphatic heterocycles. The first-order valence-electron chi connectivity index (χ1n) is 6.09. The average Bonchev–Trinajstić information content (AvgIpc) is 2.38. The summed E-state index contributed by atoms with van der Waals surface area (Å²) in [7, 11) is 1.57. The maximum atomic E-state index is 10.8. The standard InChI is InChI=1S/C13H20N2O3S/c1-10(9-19-3)7-14-8-11-6-12(15(16)17)4-5-13(11)18-2/h4-6,10,14H,7-9H2,1-3H3. The molecule has 0 saturated heterocycles. The maximum absolute atomic E-state index is 10.8. The number of thioether (sulfide) groups is 1. The number of methoxy groups -OCH3 is 1. The van der Waals surface area contributed by atoms with Gasteiger partial charge in [0, 0.05) is 24.2 Å². The van der Waals surface area contributed by atoms with Gasteiger partial charge in [0.25, 0.3) is 5.69 Å². The molecule has 1 rings (SSSR count). The number of hydrogen-bond donors (Lipinski definition) is 1. The molecule has 106 valence electrons. The van der Waals surface area contributed by atoms with Crippen LogP contribution in [-0.2, 0) is 6.54 Å². The molecule has 1 unspecified atom stereocenters. The van der Waals surface area contributed by atoms with E-state index < -0.39 is 0 Å². The SMILES string of the molecule is COc1ccc([N+](=O)[O-])cc1CNCC(C)CSC. The molecule has 1 N–H and O–H groups in total. The van der Waals surface area contributed by atoms with Crippen molar-refractivity contribution >= 4 is 17.4 Å². The Morgan fingerprint density at radius 2 is 2.26 bits per heavy atom. The summed E-state index contributed by atoms with van der Waals surface area (Å²) in [5, 5.41) is 14.1. The number of hydrogen-bond acceptors (Lipinski definition) is 5. The van der Waals surface area contributed by atoms with E-state index >= 15 is 0 Å². The number of nitrogens with zero attached hydrogens (tertiary/aromatic N) is 1. The summed E-state index contributed by atoms with van der Waals surface area (Å²) in [6.45, 7) is 3.63. The monoisotopic (exact) mass is 284 g/mol. The van der Waals surface area contributed by atoms with Gasteiger partial charge in [0.05, 0.1) is 12.0 Å². The van der Waals surface area contributed by atoms with Crippen LogP contribution in [0.2, 0.25) is 0 Å². The maximum Gasteiger partial charge on any atom is 0.270 e. The molecule has 19 heavy (non-hydrogen) atoms. The summed E-state index contributed by atoms with van der Waals surface area (Å²) in [6, 6.07) is 4.66. The third kappa shape index (κ3) is 5.08. The second-order valence-corrected chi connectivity index (χ2v) is 5.36. The van der Waals surface area contributed by atoms with Crippen LogP contribution in [0.3, 0.4) is 0 Å². The van der Waals surface area contributed by atoms with Crippen LogP contribution in [-0.4, -0.2) is 30.6 Å². The highest BCUT2D eigenvalue weighted by molar-refractivity contribution is 7.98. The molecule has 0 radical (unpaired) electrons. The first-order chi connectivity index (χ1) is 9.08. The van der Waals surface area contributed by atoms with E-state index in [9.17, 15) is 10.1 Å². The predicted octanol–water partition coefficient (Wildman–Crippen LogP) is 2.69. The highest BCUT2D eigenvalue weighted by Crippen LogP contribution is 2.23. The van der Waals surface area contributed by atoms with Crippen molar-refractivity contribution in [1.82, 2.24) is 5.32 Å². The summed E-state index contributed by atoms with van der Waals surface area (Å²) in [4.78, 5) is 10.4. The van der Waals surface area contributed by atoms with Gasteiger partial charge in [-0.3, -0.25) is 10.1 Å². The minimum atomic E-state index is -0.390. The number of nitrogens with one attached hydrogen (secondary N) is 1. The lowest BCUT2D eigenvalue weighted by molar-refractivity contribution is -0.384. The summed E-state index contributed by atoms with van der Waals surface area (Å²) < 4.78 is 5.22. The minimum absolute atomic E-state index is 0.0924. The number of nitro benzene ring substituents is 1. The lowest BCUT2D eigenvalue weighted by atomic mass is 10.1. The van der Waals surface area contributed by atoms with Gasteiger partial charge < -0.3 is 10.1 Å². The molecule has 0 bridgehead atoms. The van der Waals surface area contributed by atoms with Crippen molar-refractivity contribution < 1.29 is 9.66 Å². The predicted molar refractivity (Wildman–Crippen MR) is 78.9 cm³/mol. The second-order valence-electron chi connectivity index (χ2n) is 4.44. The zero-order chi connectivity index (χ0) is 14.3. The van der Waals surface area contributed by atoms with Crippen LogP contribution in [0, 0.1) is 16.0 Å². The van der Waals surface area contributed by atoms with Crippen molar-refractivity contribution in [2.75, 3.05) is 25.7 Å². The Morgan fingerprint density at radius 1 is 1.53 bits per heavy atom. The van der Waals surface area contributed by atoms with Crippen LogP contribution >= 0.6 is 11.8 Å². The van der Waals surface area contributed by atoms with Crippen molar-refractivity contribution in [2.45, 2.75) is 13.5 Å². The average molecular weight is 284 g/mol. The van der Waals surface area contributed by atoms with Crippen LogP contribution in [0.5, 0.6) is 5.75 Å². The summed E-state index contributed by atoms with van der Waals surface area (Å²) in [5.74, 6) is 2.34. The lowest BCUT2D eigenvalue weighted by Gasteiger charge is -2.13. The summed E-state index contributed by atoms with van der Waals surface area (Å²) in [6.07, 6.45) is 2.08. The molecule has 0 aromatic heterocycles. The zero-order valence-corrected chi connectivity index (χ0v) is 12.3. The van der Waals surface area contributed by atoms with Crippen LogP contribution in [0.4, 0.5) is 5.69 Å². The number of ether oxygens (including phenoxy) is 1. The number of nitro groups is 1. The van der Waals surface area contributed by atoms with Gasteiger partial charge in [0.15, 0.2) is 0 Å². The van der Waals surface area contributed by atoms with Gasteiger partial charge in [-0.25, -0.2) is 0 Å². The van der Waals surface area contributed by atoms with Gasteiger partial charge in [-0.1, -0.05) is 6.92 Å². The molecule has 0 spiro atoms. The smallest absolute Gasteiger partial charge is 0.270 e. The highest BCUT2D eigenvalue weighted by atomic mass is 32.2. The summed E-state index contributed by atoms with van der Waals surface area (Å²) >= 11 is 1.82. The Kier molecular flexibility index (Phi) is 6.66. The van der Waals surface area contributed by atoms with Crippen LogP contribution < -0.4 is 10.1 Å². The fraction of sp³-hybridized carbons (Fsp3) is 0.538. The Labute approximate surface area is 117 Å². The molecule has 1 aromatic rings. The fourth-order valence-electron chi connectivity index (χ4n) is 1.81. The van der Waals surface area contributed by atoms with Gasteiger partial charge in [-0.2, -0.15) is 11.8 Å². The molecule has 6 heteroatoms. The summed E-state index contributed by atoms with van der Waals surface area (Å²) in [5.41, 5.74) is 0.905. The van der Waals surface area contributed by atoms with Crippen LogP contribution in [0.15, 0.2) is 18.2 Å². The normalized spacial score (nSPS) is 12.2. The minimum Gasteiger partial charge on any atom is -0.496 e. The van der Waals surface area contributed by atoms with E-state index in [-0.39, 0.29) is 10.6 Å². The van der Waals surface area contributed by atoms with E-state index in [1.165, 1.54) is 6.07 Å². The topological polar surface area (TPSA) is 64.4 Å². The van der Waals surface area contributed by atoms with Crippen molar-refractivity contribution in [1.29, 1.82) is 0 Å². The van der Waals surface area contributed by atoms with Gasteiger partial charge in [0.2, 0.25) is 0 Å². The molecule has 0 fully saturated rings. The Balaban J connectivity index is 2.65. The van der Waals surface area contributed by atoms with E-state index in [1.807, 2.05) is 11.8 Å². The highest BCUT2D eigenvalue weighted by Gasteiger charge is 2.11. The van der Waals surface area contributed by atoms with E-state index in [0.717, 1.165) is 17.9 Å². The van der Waals surface area contributed by atoms with Gasteiger partial charge >= 0.3 is 0 Å². The van der Waals surface area contributed by atoms with Crippen molar-refractivity contribution in [3.63, 3.8) is 0 Å². The van der Waals surface area contributed by atoms with Gasteiger partial charge in [-0.15, -0.1) is 0 Å². The quantitative estimate of drug-likeness (QED) is 0.587. The van der Waals surface area contributed by atoms with Crippen LogP contribution in [0.1, 0.15) is 12.5 Å². The van der Waals surface area contributed by atoms with Crippen molar-refractivity contribution in [2.24, 2.45) is 5.92 Å². The van der Waals surface area contributed by atoms with Crippen LogP contribution in [0.25, 0.3) is 0 Å². The molecule has 1 aromatic carbocycles. The molecular formula is C13H20N2O3S. The molecule has 0 heterocycles. The lowest BCUT2D eigenvalue weighted by Crippen LogP contribution is -2.22. The first-order valence-corrected chi connectivity index (χ1v) is 7.48. The molecule has 5 nitrogen and oxygen atoms in total. The molecule has 0 amide bonds. The Morgan fingerprint density at radius 3 is 2.84 bits per heavy atom. The van der Waals surface area contributed by atoms with Crippen molar-refractivity contribution in [3.05, 3.63) is 33.9 Å². The molecule has 0 aliphatic rings. The largest absolute Gasteiger partial charge is 0.496 e. The number of rotatable bonds is 8. The molecular weight excluding hydrogens is 264 g/mol. The second kappa shape index (κ2) is 8.01. The number of non-ortho nitro benzene ring substituents is 1. The molecule has 0 aliphatic carbocycles. The van der Waals surface area contributed by atoms with Gasteiger partial charge in [0.1, 0.15) is 5.75 Å². The van der Waals surface area contributed by atoms with Gasteiger partial charge in [-0.05, 0) is 30.5 Å². The fourth-order valence-corrected chi connectivity index (χ4v) is 2.50. The number of benzene rings is 1. The third-order valence-electron chi connectivity index (χ3n) is 2.73. The van der Waals surface area contributed by atoms with E-state index in [0.29, 0.717) is 18.2 Å². The molecule has 1 atom stereocenters. The van der Waals surface area contributed by atoms with E-state index in [2.05, 4.69) is 18.5 Å². The van der Waals surface area contributed by atoms with E-state index in [4.69, 9.17) is 4.74 Å². The Bertz CT molecular complexity index is 426. The first kappa shape index (κ1) is 15.8.